The fourth-order valence-electron chi connectivity index (χ4n) is 2.86. The molecule has 2 saturated carbocycles. The van der Waals surface area contributed by atoms with E-state index in [0.717, 1.165) is 19.3 Å². The molecule has 0 aromatic heterocycles. The lowest BCUT2D eigenvalue weighted by atomic mass is 9.85. The molecule has 2 bridgehead atoms. The molecule has 0 aromatic rings. The molecule has 0 aromatic carbocycles. The Labute approximate surface area is 87.8 Å². The molecule has 2 rings (SSSR count). The first-order valence-electron chi connectivity index (χ1n) is 5.20. The van der Waals surface area contributed by atoms with Gasteiger partial charge in [-0.2, -0.15) is 0 Å². The molecule has 3 atom stereocenters. The maximum absolute atomic E-state index is 11.8. The molecule has 78 valence electrons. The Bertz CT molecular complexity index is 272. The molecule has 2 aliphatic rings. The zero-order valence-electron chi connectivity index (χ0n) is 8.79. The summed E-state index contributed by atoms with van der Waals surface area (Å²) in [4.78, 5) is 23.6. The van der Waals surface area contributed by atoms with Gasteiger partial charge in [0.15, 0.2) is 11.5 Å². The second-order valence-electron chi connectivity index (χ2n) is 4.75. The van der Waals surface area contributed by atoms with E-state index in [1.165, 1.54) is 0 Å². The van der Waals surface area contributed by atoms with E-state index in [2.05, 4.69) is 12.5 Å². The van der Waals surface area contributed by atoms with E-state index in [4.69, 9.17) is 0 Å². The lowest BCUT2D eigenvalue weighted by molar-refractivity contribution is -0.133. The van der Waals surface area contributed by atoms with Crippen molar-refractivity contribution in [2.75, 3.05) is 18.3 Å². The van der Waals surface area contributed by atoms with E-state index < -0.39 is 0 Å². The second kappa shape index (κ2) is 3.69. The first-order valence-corrected chi connectivity index (χ1v) is 7.41. The van der Waals surface area contributed by atoms with E-state index in [1.54, 1.807) is 0 Å². The van der Waals surface area contributed by atoms with Gasteiger partial charge in [-0.05, 0) is 36.1 Å². The maximum atomic E-state index is 11.8. The van der Waals surface area contributed by atoms with Gasteiger partial charge in [-0.15, -0.1) is 0 Å². The van der Waals surface area contributed by atoms with Crippen molar-refractivity contribution in [2.24, 2.45) is 17.8 Å². The van der Waals surface area contributed by atoms with Crippen LogP contribution < -0.4 is 0 Å². The smallest absolute Gasteiger partial charge is 0.192 e. The first kappa shape index (κ1) is 10.2. The summed E-state index contributed by atoms with van der Waals surface area (Å²) in [6.45, 7) is 0. The van der Waals surface area contributed by atoms with Gasteiger partial charge < -0.3 is 0 Å². The van der Waals surface area contributed by atoms with Gasteiger partial charge in [0.25, 0.3) is 0 Å². The van der Waals surface area contributed by atoms with Crippen LogP contribution in [-0.2, 0) is 20.5 Å². The normalized spacial score (nSPS) is 35.6. The van der Waals surface area contributed by atoms with Crippen molar-refractivity contribution >= 4 is 22.5 Å². The molecule has 3 heteroatoms. The molecule has 0 aliphatic heterocycles. The fourth-order valence-corrected chi connectivity index (χ4v) is 3.61. The van der Waals surface area contributed by atoms with Crippen molar-refractivity contribution in [1.29, 1.82) is 0 Å². The summed E-state index contributed by atoms with van der Waals surface area (Å²) < 4.78 is 0. The van der Waals surface area contributed by atoms with Crippen LogP contribution in [0.25, 0.3) is 0 Å². The van der Waals surface area contributed by atoms with Gasteiger partial charge in [0, 0.05) is 5.92 Å². The van der Waals surface area contributed by atoms with Crippen LogP contribution in [0.1, 0.15) is 19.3 Å². The largest absolute Gasteiger partial charge is 0.299 e. The SMILES string of the molecule is C[S+](C)CC(=O)C1C(=O)C2CCC1C2. The van der Waals surface area contributed by atoms with Crippen LogP contribution in [0, 0.1) is 17.8 Å². The number of Topliss-reactive ketones (excluding diaryl/α,β-unsaturated/α-hetero) is 2. The van der Waals surface area contributed by atoms with E-state index in [1.807, 2.05) is 0 Å². The molecule has 0 radical (unpaired) electrons. The molecule has 3 unspecified atom stereocenters. The van der Waals surface area contributed by atoms with Crippen LogP contribution in [0.2, 0.25) is 0 Å². The summed E-state index contributed by atoms with van der Waals surface area (Å²) >= 11 is 0. The molecule has 0 N–H and O–H groups in total. The van der Waals surface area contributed by atoms with Gasteiger partial charge in [-0.3, -0.25) is 9.59 Å². The van der Waals surface area contributed by atoms with Crippen molar-refractivity contribution in [1.82, 2.24) is 0 Å². The van der Waals surface area contributed by atoms with E-state index in [9.17, 15) is 9.59 Å². The zero-order chi connectivity index (χ0) is 10.3. The Morgan fingerprint density at radius 3 is 2.64 bits per heavy atom. The molecule has 0 saturated heterocycles. The second-order valence-corrected chi connectivity index (χ2v) is 7.01. The Morgan fingerprint density at radius 2 is 2.14 bits per heavy atom. The van der Waals surface area contributed by atoms with Gasteiger partial charge in [0.2, 0.25) is 0 Å². The van der Waals surface area contributed by atoms with Crippen molar-refractivity contribution in [3.05, 3.63) is 0 Å². The molecule has 2 nitrogen and oxygen atoms in total. The lowest BCUT2D eigenvalue weighted by Gasteiger charge is -2.17. The number of carbonyl (C=O) groups is 2. The molecule has 0 amide bonds. The highest BCUT2D eigenvalue weighted by Crippen LogP contribution is 2.46. The van der Waals surface area contributed by atoms with E-state index in [-0.39, 0.29) is 34.3 Å². The number of hydrogen-bond donors (Lipinski definition) is 0. The Hall–Kier alpha value is -0.310. The quantitative estimate of drug-likeness (QED) is 0.519. The highest BCUT2D eigenvalue weighted by molar-refractivity contribution is 7.96. The third-order valence-corrected chi connectivity index (χ3v) is 4.29. The van der Waals surface area contributed by atoms with Gasteiger partial charge >= 0.3 is 0 Å². The Kier molecular flexibility index (Phi) is 2.69. The maximum Gasteiger partial charge on any atom is 0.192 e. The van der Waals surface area contributed by atoms with Gasteiger partial charge in [-0.1, -0.05) is 0 Å². The summed E-state index contributed by atoms with van der Waals surface area (Å²) in [6, 6.07) is 0. The van der Waals surface area contributed by atoms with Crippen molar-refractivity contribution in [3.8, 4) is 0 Å². The average Bonchev–Trinajstić information content (AvgIpc) is 2.61. The topological polar surface area (TPSA) is 34.1 Å². The molecule has 0 spiro atoms. The van der Waals surface area contributed by atoms with Crippen LogP contribution >= 0.6 is 0 Å². The molecular weight excluding hydrogens is 196 g/mol. The predicted octanol–water partition coefficient (Wildman–Crippen LogP) is 1.05. The van der Waals surface area contributed by atoms with Gasteiger partial charge in [-0.25, -0.2) is 0 Å². The molecule has 2 aliphatic carbocycles. The van der Waals surface area contributed by atoms with Crippen LogP contribution in [0.15, 0.2) is 0 Å². The third-order valence-electron chi connectivity index (χ3n) is 3.43. The zero-order valence-corrected chi connectivity index (χ0v) is 9.60. The number of hydrogen-bond acceptors (Lipinski definition) is 2. The highest BCUT2D eigenvalue weighted by atomic mass is 32.2. The molecule has 2 fully saturated rings. The average molecular weight is 213 g/mol. The fraction of sp³-hybridized carbons (Fsp3) is 0.818. The Balaban J connectivity index is 2.04. The number of fused-ring (bicyclic) bond motifs is 2. The number of carbonyl (C=O) groups excluding carboxylic acids is 2. The van der Waals surface area contributed by atoms with Crippen LogP contribution in [-0.4, -0.2) is 29.8 Å². The monoisotopic (exact) mass is 213 g/mol. The van der Waals surface area contributed by atoms with Gasteiger partial charge in [0.1, 0.15) is 5.78 Å². The minimum atomic E-state index is -0.205. The molecule has 14 heavy (non-hydrogen) atoms. The van der Waals surface area contributed by atoms with E-state index >= 15 is 0 Å². The number of rotatable bonds is 3. The first-order chi connectivity index (χ1) is 6.59. The predicted molar refractivity (Wildman–Crippen MR) is 58.4 cm³/mol. The highest BCUT2D eigenvalue weighted by Gasteiger charge is 2.50. The van der Waals surface area contributed by atoms with Crippen LogP contribution in [0.5, 0.6) is 0 Å². The minimum Gasteiger partial charge on any atom is -0.299 e. The summed E-state index contributed by atoms with van der Waals surface area (Å²) in [6.07, 6.45) is 7.27. The lowest BCUT2D eigenvalue weighted by Crippen LogP contribution is -2.33. The van der Waals surface area contributed by atoms with E-state index in [0.29, 0.717) is 11.7 Å². The summed E-state index contributed by atoms with van der Waals surface area (Å²) in [5.41, 5.74) is 0. The summed E-state index contributed by atoms with van der Waals surface area (Å²) in [7, 11) is 0.140. The van der Waals surface area contributed by atoms with Crippen LogP contribution in [0.4, 0.5) is 0 Å². The summed E-state index contributed by atoms with van der Waals surface area (Å²) in [5, 5.41) is 0. The Morgan fingerprint density at radius 1 is 1.43 bits per heavy atom. The minimum absolute atomic E-state index is 0.140. The van der Waals surface area contributed by atoms with Crippen molar-refractivity contribution in [2.45, 2.75) is 19.3 Å². The summed E-state index contributed by atoms with van der Waals surface area (Å²) in [5.74, 6) is 1.53. The van der Waals surface area contributed by atoms with Crippen molar-refractivity contribution < 1.29 is 9.59 Å². The standard InChI is InChI=1S/C11H17O2S/c1-14(2)6-9(12)10-7-3-4-8(5-7)11(10)13/h7-8,10H,3-6H2,1-2H3/q+1. The third kappa shape index (κ3) is 1.62. The molecular formula is C11H17O2S+. The van der Waals surface area contributed by atoms with Gasteiger partial charge in [0.05, 0.1) is 18.4 Å². The number of ketones is 2. The molecule has 0 heterocycles. The van der Waals surface area contributed by atoms with Crippen LogP contribution in [0.3, 0.4) is 0 Å². The van der Waals surface area contributed by atoms with Crippen molar-refractivity contribution in [3.63, 3.8) is 0 Å².